The van der Waals surface area contributed by atoms with E-state index in [0.29, 0.717) is 24.3 Å². The van der Waals surface area contributed by atoms with Crippen molar-refractivity contribution in [2.75, 3.05) is 31.6 Å². The predicted octanol–water partition coefficient (Wildman–Crippen LogP) is 3.08. The highest BCUT2D eigenvalue weighted by atomic mass is 16.5. The highest BCUT2D eigenvalue weighted by Crippen LogP contribution is 2.32. The molecule has 10 heteroatoms. The number of rotatable bonds is 8. The Morgan fingerprint density at radius 2 is 1.79 bits per heavy atom. The van der Waals surface area contributed by atoms with Crippen LogP contribution in [-0.4, -0.2) is 60.0 Å². The smallest absolute Gasteiger partial charge is 0.321 e. The van der Waals surface area contributed by atoms with Crippen LogP contribution in [0.5, 0.6) is 5.75 Å². The Kier molecular flexibility index (Phi) is 6.95. The maximum atomic E-state index is 13.2. The van der Waals surface area contributed by atoms with E-state index in [1.165, 1.54) is 0 Å². The first kappa shape index (κ1) is 25.2. The molecule has 1 atom stereocenters. The van der Waals surface area contributed by atoms with E-state index in [1.54, 1.807) is 18.1 Å². The molecule has 0 aliphatic carbocycles. The third-order valence-corrected chi connectivity index (χ3v) is 7.16. The van der Waals surface area contributed by atoms with E-state index < -0.39 is 11.6 Å². The minimum Gasteiger partial charge on any atom is -0.497 e. The van der Waals surface area contributed by atoms with Crippen LogP contribution in [0.15, 0.2) is 54.9 Å². The van der Waals surface area contributed by atoms with Crippen LogP contribution in [0.1, 0.15) is 41.3 Å². The lowest BCUT2D eigenvalue weighted by Crippen LogP contribution is -2.54. The van der Waals surface area contributed by atoms with Crippen LogP contribution in [-0.2, 0) is 16.9 Å². The summed E-state index contributed by atoms with van der Waals surface area (Å²) in [5.74, 6) is 1.21. The number of ether oxygens (including phenoxy) is 1. The van der Waals surface area contributed by atoms with Crippen LogP contribution in [0.3, 0.4) is 0 Å². The third-order valence-electron chi connectivity index (χ3n) is 7.16. The second kappa shape index (κ2) is 10.5. The van der Waals surface area contributed by atoms with Gasteiger partial charge in [-0.05, 0) is 48.6 Å². The van der Waals surface area contributed by atoms with Crippen LogP contribution < -0.4 is 20.3 Å². The van der Waals surface area contributed by atoms with Gasteiger partial charge < -0.3 is 19.9 Å². The molecule has 4 amide bonds. The Hall–Kier alpha value is -4.47. The van der Waals surface area contributed by atoms with E-state index in [1.807, 2.05) is 55.7 Å². The maximum absolute atomic E-state index is 13.2. The van der Waals surface area contributed by atoms with E-state index in [4.69, 9.17) is 4.74 Å². The zero-order valence-corrected chi connectivity index (χ0v) is 21.4. The molecule has 10 nitrogen and oxygen atoms in total. The summed E-state index contributed by atoms with van der Waals surface area (Å²) in [6.45, 7) is 4.40. The number of anilines is 1. The second-order valence-electron chi connectivity index (χ2n) is 9.78. The quantitative estimate of drug-likeness (QED) is 0.444. The number of nitrogens with zero attached hydrogens (tertiary/aromatic N) is 4. The summed E-state index contributed by atoms with van der Waals surface area (Å²) in [6.07, 6.45) is 6.28. The van der Waals surface area contributed by atoms with Gasteiger partial charge in [0, 0.05) is 49.7 Å². The average molecular weight is 515 g/mol. The van der Waals surface area contributed by atoms with E-state index in [9.17, 15) is 14.4 Å². The number of carbonyl (C=O) groups excluding carboxylic acids is 3. The standard InChI is InChI=1S/C28H30N6O4/c1-28(32-27(37)31-18-35,17-34-16-20-7-10-23(38-2)13-24(20)25(34)36)22-8-5-19(6-9-22)21-14-29-26(30-15-21)33-11-3-4-12-33/h5-10,13-15,18H,3-4,11-12,16-17H2,1-2H3,(H2,31,32,35,37)/t28-/m0/s1. The molecule has 2 aliphatic heterocycles. The lowest BCUT2D eigenvalue weighted by molar-refractivity contribution is -0.108. The van der Waals surface area contributed by atoms with Gasteiger partial charge in [-0.15, -0.1) is 0 Å². The lowest BCUT2D eigenvalue weighted by Gasteiger charge is -2.35. The minimum atomic E-state index is -0.983. The molecule has 2 aliphatic rings. The molecule has 0 radical (unpaired) electrons. The predicted molar refractivity (Wildman–Crippen MR) is 142 cm³/mol. The highest BCUT2D eigenvalue weighted by molar-refractivity contribution is 5.99. The molecule has 1 saturated heterocycles. The Balaban J connectivity index is 1.38. The number of amides is 4. The first-order valence-corrected chi connectivity index (χ1v) is 12.6. The summed E-state index contributed by atoms with van der Waals surface area (Å²) in [5, 5.41) is 5.01. The van der Waals surface area contributed by atoms with Crippen molar-refractivity contribution in [2.24, 2.45) is 0 Å². The third kappa shape index (κ3) is 5.02. The Labute approximate surface area is 221 Å². The van der Waals surface area contributed by atoms with Crippen molar-refractivity contribution >= 4 is 24.3 Å². The summed E-state index contributed by atoms with van der Waals surface area (Å²) in [6, 6.07) is 12.5. The number of aromatic nitrogens is 2. The molecule has 0 unspecified atom stereocenters. The van der Waals surface area contributed by atoms with Gasteiger partial charge in [-0.25, -0.2) is 14.8 Å². The van der Waals surface area contributed by atoms with Gasteiger partial charge in [0.1, 0.15) is 5.75 Å². The molecule has 2 aromatic carbocycles. The number of nitrogens with one attached hydrogen (secondary N) is 2. The fourth-order valence-corrected chi connectivity index (χ4v) is 5.10. The first-order chi connectivity index (χ1) is 18.4. The molecule has 0 saturated carbocycles. The number of fused-ring (bicyclic) bond motifs is 1. The maximum Gasteiger partial charge on any atom is 0.321 e. The van der Waals surface area contributed by atoms with Gasteiger partial charge in [-0.1, -0.05) is 30.3 Å². The summed E-state index contributed by atoms with van der Waals surface area (Å²) >= 11 is 0. The minimum absolute atomic E-state index is 0.144. The summed E-state index contributed by atoms with van der Waals surface area (Å²) in [7, 11) is 1.56. The van der Waals surface area contributed by atoms with Gasteiger partial charge >= 0.3 is 6.03 Å². The fourth-order valence-electron chi connectivity index (χ4n) is 5.10. The number of urea groups is 1. The Morgan fingerprint density at radius 1 is 1.08 bits per heavy atom. The Morgan fingerprint density at radius 3 is 2.45 bits per heavy atom. The number of hydrogen-bond donors (Lipinski definition) is 2. The first-order valence-electron chi connectivity index (χ1n) is 12.6. The molecule has 38 heavy (non-hydrogen) atoms. The van der Waals surface area contributed by atoms with Crippen molar-refractivity contribution in [3.8, 4) is 16.9 Å². The van der Waals surface area contributed by atoms with Crippen LogP contribution in [0.2, 0.25) is 0 Å². The monoisotopic (exact) mass is 514 g/mol. The molecule has 0 bridgehead atoms. The topological polar surface area (TPSA) is 117 Å². The van der Waals surface area contributed by atoms with Gasteiger partial charge in [-0.2, -0.15) is 0 Å². The fraction of sp³-hybridized carbons (Fsp3) is 0.321. The molecule has 0 spiro atoms. The van der Waals surface area contributed by atoms with Crippen LogP contribution >= 0.6 is 0 Å². The van der Waals surface area contributed by atoms with Gasteiger partial charge in [0.05, 0.1) is 12.6 Å². The van der Waals surface area contributed by atoms with Crippen molar-refractivity contribution in [1.29, 1.82) is 0 Å². The van der Waals surface area contributed by atoms with Crippen LogP contribution in [0, 0.1) is 0 Å². The zero-order valence-electron chi connectivity index (χ0n) is 21.4. The van der Waals surface area contributed by atoms with E-state index in [0.717, 1.165) is 54.1 Å². The van der Waals surface area contributed by atoms with Gasteiger partial charge in [0.25, 0.3) is 5.91 Å². The number of carbonyl (C=O) groups is 3. The molecular weight excluding hydrogens is 484 g/mol. The van der Waals surface area contributed by atoms with E-state index in [2.05, 4.69) is 25.5 Å². The summed E-state index contributed by atoms with van der Waals surface area (Å²) < 4.78 is 5.27. The molecule has 3 aromatic rings. The van der Waals surface area contributed by atoms with Crippen LogP contribution in [0.4, 0.5) is 10.7 Å². The molecule has 1 aromatic heterocycles. The summed E-state index contributed by atoms with van der Waals surface area (Å²) in [4.78, 5) is 49.5. The van der Waals surface area contributed by atoms with Gasteiger partial charge in [0.15, 0.2) is 0 Å². The van der Waals surface area contributed by atoms with Crippen molar-refractivity contribution in [3.05, 3.63) is 71.5 Å². The van der Waals surface area contributed by atoms with Crippen molar-refractivity contribution in [1.82, 2.24) is 25.5 Å². The molecule has 3 heterocycles. The highest BCUT2D eigenvalue weighted by Gasteiger charge is 2.37. The number of benzene rings is 2. The van der Waals surface area contributed by atoms with Crippen molar-refractivity contribution < 1.29 is 19.1 Å². The lowest BCUT2D eigenvalue weighted by atomic mass is 9.90. The average Bonchev–Trinajstić information content (AvgIpc) is 3.57. The number of imide groups is 1. The normalized spacial score (nSPS) is 16.1. The SMILES string of the molecule is COc1ccc2c(c1)C(=O)N(C[C@](C)(NC(=O)NC=O)c1ccc(-c3cnc(N4CCCC4)nc3)cc1)C2. The largest absolute Gasteiger partial charge is 0.497 e. The number of methoxy groups -OCH3 is 1. The molecule has 2 N–H and O–H groups in total. The summed E-state index contributed by atoms with van der Waals surface area (Å²) in [5.41, 5.74) is 3.08. The van der Waals surface area contributed by atoms with Crippen LogP contribution in [0.25, 0.3) is 11.1 Å². The molecule has 1 fully saturated rings. The second-order valence-corrected chi connectivity index (χ2v) is 9.78. The van der Waals surface area contributed by atoms with Crippen molar-refractivity contribution in [3.63, 3.8) is 0 Å². The van der Waals surface area contributed by atoms with Gasteiger partial charge in [0.2, 0.25) is 12.4 Å². The molecule has 5 rings (SSSR count). The Bertz CT molecular complexity index is 1340. The zero-order chi connectivity index (χ0) is 26.7. The van der Waals surface area contributed by atoms with Crippen molar-refractivity contribution in [2.45, 2.75) is 31.8 Å². The van der Waals surface area contributed by atoms with E-state index >= 15 is 0 Å². The van der Waals surface area contributed by atoms with Gasteiger partial charge in [-0.3, -0.25) is 14.9 Å². The molecular formula is C28H30N6O4. The molecule has 196 valence electrons. The number of hydrogen-bond acceptors (Lipinski definition) is 7. The van der Waals surface area contributed by atoms with E-state index in [-0.39, 0.29) is 12.5 Å².